The first kappa shape index (κ1) is 33.9. The Morgan fingerprint density at radius 2 is 1.31 bits per heavy atom. The second kappa shape index (κ2) is 17.5. The summed E-state index contributed by atoms with van der Waals surface area (Å²) < 4.78 is 0. The molecular weight excluding hydrogens is 556 g/mol. The number of amides is 1. The third kappa shape index (κ3) is 12.9. The van der Waals surface area contributed by atoms with Gasteiger partial charge in [-0.3, -0.25) is 34.0 Å². The van der Waals surface area contributed by atoms with E-state index in [1.807, 2.05) is 0 Å². The summed E-state index contributed by atoms with van der Waals surface area (Å²) in [5.41, 5.74) is 9.25. The van der Waals surface area contributed by atoms with Gasteiger partial charge in [0.15, 0.2) is 0 Å². The molecule has 1 aromatic carbocycles. The second-order valence-corrected chi connectivity index (χ2v) is 9.68. The number of nitrogens with one attached hydrogen (secondary N) is 1. The van der Waals surface area contributed by atoms with E-state index in [0.29, 0.717) is 11.4 Å². The average Bonchev–Trinajstić information content (AvgIpc) is 2.90. The van der Waals surface area contributed by atoms with Crippen LogP contribution in [-0.2, 0) is 24.0 Å². The molecule has 1 heterocycles. The number of carbonyl (C=O) groups is 5. The van der Waals surface area contributed by atoms with Crippen LogP contribution in [-0.4, -0.2) is 138 Å². The van der Waals surface area contributed by atoms with E-state index in [-0.39, 0.29) is 78.3 Å². The Morgan fingerprint density at radius 1 is 0.833 bits per heavy atom. The van der Waals surface area contributed by atoms with Crippen LogP contribution in [0, 0.1) is 0 Å². The number of aliphatic carboxylic acids is 4. The fourth-order valence-corrected chi connectivity index (χ4v) is 4.51. The molecule has 1 aromatic rings. The van der Waals surface area contributed by atoms with Crippen molar-refractivity contribution in [3.05, 3.63) is 34.7 Å². The van der Waals surface area contributed by atoms with Crippen molar-refractivity contribution in [2.24, 2.45) is 5.11 Å². The highest BCUT2D eigenvalue weighted by Crippen LogP contribution is 2.17. The van der Waals surface area contributed by atoms with E-state index in [1.54, 1.807) is 9.80 Å². The maximum atomic E-state index is 12.6. The summed E-state index contributed by atoms with van der Waals surface area (Å²) in [5.74, 6) is -5.48. The van der Waals surface area contributed by atoms with Crippen molar-refractivity contribution in [1.29, 1.82) is 0 Å². The van der Waals surface area contributed by atoms with Gasteiger partial charge in [0.05, 0.1) is 25.0 Å². The van der Waals surface area contributed by atoms with E-state index in [4.69, 9.17) is 5.53 Å². The highest BCUT2D eigenvalue weighted by Gasteiger charge is 2.24. The molecule has 1 amide bonds. The first-order valence-corrected chi connectivity index (χ1v) is 13.2. The smallest absolute Gasteiger partial charge is 0.317 e. The van der Waals surface area contributed by atoms with Crippen LogP contribution in [0.1, 0.15) is 12.8 Å². The quantitative estimate of drug-likeness (QED) is 0.123. The van der Waals surface area contributed by atoms with E-state index < -0.39 is 42.4 Å². The van der Waals surface area contributed by atoms with Crippen molar-refractivity contribution < 1.29 is 44.4 Å². The monoisotopic (exact) mass is 590 g/mol. The summed E-state index contributed by atoms with van der Waals surface area (Å²) in [7, 11) is 0. The standard InChI is InChI=1S/C25H36N8O9/c26-29-28-19-3-1-18(2-4-19)27-21(34)6-5-20(25(41)42)33-13-11-31(16-23(37)38)9-7-30(15-22(35)36)8-10-32(12-14-33)17-24(39)40/h1-4,20H,5-17H2,(H,27,34)(H,35,36)(H,37,38)(H,39,40)(H,41,42)/p-2. The fraction of sp³-hybridized carbons (Fsp3) is 0.560. The predicted octanol–water partition coefficient (Wildman–Crippen LogP) is -2.39. The Labute approximate surface area is 241 Å². The van der Waals surface area contributed by atoms with Crippen LogP contribution >= 0.6 is 0 Å². The van der Waals surface area contributed by atoms with E-state index in [9.17, 15) is 44.4 Å². The first-order chi connectivity index (χ1) is 20.0. The Kier molecular flexibility index (Phi) is 14.1. The molecule has 17 heteroatoms. The zero-order valence-corrected chi connectivity index (χ0v) is 23.0. The van der Waals surface area contributed by atoms with Crippen LogP contribution in [0.15, 0.2) is 29.4 Å². The molecule has 0 radical (unpaired) electrons. The number of carboxylic acid groups (broad SMARTS) is 4. The van der Waals surface area contributed by atoms with Gasteiger partial charge in [-0.2, -0.15) is 0 Å². The molecule has 230 valence electrons. The van der Waals surface area contributed by atoms with Crippen molar-refractivity contribution in [2.45, 2.75) is 18.9 Å². The molecule has 1 aliphatic rings. The molecule has 42 heavy (non-hydrogen) atoms. The minimum atomic E-state index is -1.45. The first-order valence-electron chi connectivity index (χ1n) is 13.2. The largest absolute Gasteiger partial charge is 0.549 e. The second-order valence-electron chi connectivity index (χ2n) is 9.68. The molecule has 1 atom stereocenters. The number of hydrogen-bond acceptors (Lipinski definition) is 12. The van der Waals surface area contributed by atoms with E-state index in [0.717, 1.165) is 0 Å². The van der Waals surface area contributed by atoms with Gasteiger partial charge in [0.1, 0.15) is 0 Å². The Hall–Kier alpha value is -4.28. The molecule has 2 rings (SSSR count). The molecular formula is C25H34N8O9-2. The van der Waals surface area contributed by atoms with Crippen molar-refractivity contribution in [1.82, 2.24) is 19.6 Å². The van der Waals surface area contributed by atoms with E-state index in [2.05, 4.69) is 15.3 Å². The number of carboxylic acids is 4. The molecule has 1 aliphatic heterocycles. The van der Waals surface area contributed by atoms with Crippen LogP contribution in [0.3, 0.4) is 0 Å². The fourth-order valence-electron chi connectivity index (χ4n) is 4.51. The van der Waals surface area contributed by atoms with E-state index in [1.165, 1.54) is 34.1 Å². The molecule has 17 nitrogen and oxygen atoms in total. The molecule has 1 fully saturated rings. The number of nitrogens with zero attached hydrogens (tertiary/aromatic N) is 7. The van der Waals surface area contributed by atoms with Gasteiger partial charge >= 0.3 is 11.9 Å². The molecule has 3 N–H and O–H groups in total. The van der Waals surface area contributed by atoms with Crippen LogP contribution in [0.25, 0.3) is 10.4 Å². The SMILES string of the molecule is [N-]=[N+]=Nc1ccc(NC(=O)CCC(C(=O)[O-])N2CCN(CC(=O)[O-])CCN(CC(=O)O)CCN(CC(=O)O)CC2)cc1. The molecule has 0 bridgehead atoms. The number of rotatable bonds is 13. The summed E-state index contributed by atoms with van der Waals surface area (Å²) >= 11 is 0. The lowest BCUT2D eigenvalue weighted by atomic mass is 10.1. The van der Waals surface area contributed by atoms with Gasteiger partial charge in [0, 0.05) is 87.7 Å². The highest BCUT2D eigenvalue weighted by molar-refractivity contribution is 5.91. The van der Waals surface area contributed by atoms with Crippen molar-refractivity contribution in [3.8, 4) is 0 Å². The van der Waals surface area contributed by atoms with Gasteiger partial charge < -0.3 is 35.3 Å². The average molecular weight is 591 g/mol. The summed E-state index contributed by atoms with van der Waals surface area (Å²) in [5, 5.41) is 48.2. The third-order valence-electron chi connectivity index (χ3n) is 6.61. The molecule has 1 saturated heterocycles. The van der Waals surface area contributed by atoms with Crippen molar-refractivity contribution in [2.75, 3.05) is 77.3 Å². The van der Waals surface area contributed by atoms with Crippen molar-refractivity contribution >= 4 is 41.2 Å². The molecule has 0 aliphatic carbocycles. The zero-order chi connectivity index (χ0) is 31.1. The minimum Gasteiger partial charge on any atom is -0.549 e. The normalized spacial score (nSPS) is 17.1. The molecule has 0 saturated carbocycles. The summed E-state index contributed by atoms with van der Waals surface area (Å²) in [6.45, 7) is -0.155. The van der Waals surface area contributed by atoms with Gasteiger partial charge in [-0.15, -0.1) is 0 Å². The Morgan fingerprint density at radius 3 is 1.74 bits per heavy atom. The lowest BCUT2D eigenvalue weighted by molar-refractivity contribution is -0.312. The van der Waals surface area contributed by atoms with Crippen LogP contribution in [0.4, 0.5) is 11.4 Å². The molecule has 1 unspecified atom stereocenters. The molecule has 0 aromatic heterocycles. The van der Waals surface area contributed by atoms with Crippen LogP contribution in [0.5, 0.6) is 0 Å². The highest BCUT2D eigenvalue weighted by atomic mass is 16.4. The van der Waals surface area contributed by atoms with Gasteiger partial charge in [-0.25, -0.2) is 0 Å². The maximum absolute atomic E-state index is 12.6. The number of hydrogen-bond donors (Lipinski definition) is 3. The third-order valence-corrected chi connectivity index (χ3v) is 6.61. The summed E-state index contributed by atoms with van der Waals surface area (Å²) in [4.78, 5) is 67.7. The topological polar surface area (TPSA) is 246 Å². The number of carbonyl (C=O) groups excluding carboxylic acids is 3. The van der Waals surface area contributed by atoms with E-state index >= 15 is 0 Å². The Balaban J connectivity index is 2.18. The minimum absolute atomic E-state index is 0.0499. The summed E-state index contributed by atoms with van der Waals surface area (Å²) in [6, 6.07) is 4.80. The van der Waals surface area contributed by atoms with Crippen LogP contribution < -0.4 is 15.5 Å². The molecule has 0 spiro atoms. The predicted molar refractivity (Wildman–Crippen MR) is 143 cm³/mol. The van der Waals surface area contributed by atoms with Gasteiger partial charge in [0.2, 0.25) is 5.91 Å². The van der Waals surface area contributed by atoms with Gasteiger partial charge in [0.25, 0.3) is 0 Å². The van der Waals surface area contributed by atoms with Gasteiger partial charge in [-0.1, -0.05) is 17.2 Å². The zero-order valence-electron chi connectivity index (χ0n) is 23.0. The van der Waals surface area contributed by atoms with Gasteiger partial charge in [-0.05, 0) is 24.1 Å². The van der Waals surface area contributed by atoms with Crippen molar-refractivity contribution in [3.63, 3.8) is 0 Å². The number of anilines is 1. The van der Waals surface area contributed by atoms with Crippen LogP contribution in [0.2, 0.25) is 0 Å². The lowest BCUT2D eigenvalue weighted by Crippen LogP contribution is -2.54. The lowest BCUT2D eigenvalue weighted by Gasteiger charge is -2.37. The Bertz CT molecular complexity index is 1110. The number of benzene rings is 1. The maximum Gasteiger partial charge on any atom is 0.317 e. The summed E-state index contributed by atoms with van der Waals surface area (Å²) in [6.07, 6.45) is -0.338. The number of azide groups is 1.